The van der Waals surface area contributed by atoms with Crippen LogP contribution in [0.1, 0.15) is 16.1 Å². The van der Waals surface area contributed by atoms with E-state index in [1.54, 1.807) is 24.4 Å². The van der Waals surface area contributed by atoms with Gasteiger partial charge in [0, 0.05) is 32.7 Å². The summed E-state index contributed by atoms with van der Waals surface area (Å²) in [5, 5.41) is 4.57. The molecule has 0 aliphatic carbocycles. The fraction of sp³-hybridized carbons (Fsp3) is 0.250. The van der Waals surface area contributed by atoms with Gasteiger partial charge in [-0.25, -0.2) is 9.97 Å². The summed E-state index contributed by atoms with van der Waals surface area (Å²) >= 11 is 19.5. The van der Waals surface area contributed by atoms with Crippen LogP contribution in [0.4, 0.5) is 10.9 Å². The first-order valence-corrected chi connectivity index (χ1v) is 11.2. The van der Waals surface area contributed by atoms with E-state index < -0.39 is 0 Å². The van der Waals surface area contributed by atoms with Crippen LogP contribution in [0.2, 0.25) is 14.4 Å². The molecule has 3 aromatic rings. The molecule has 0 spiro atoms. The Hall–Kier alpha value is -1.90. The summed E-state index contributed by atoms with van der Waals surface area (Å²) in [5.41, 5.74) is 1.39. The molecule has 2 aromatic heterocycles. The van der Waals surface area contributed by atoms with Crippen molar-refractivity contribution in [2.24, 2.45) is 0 Å². The van der Waals surface area contributed by atoms with Gasteiger partial charge in [-0.3, -0.25) is 9.69 Å². The lowest BCUT2D eigenvalue weighted by Crippen LogP contribution is -2.48. The normalized spacial score (nSPS) is 14.7. The van der Waals surface area contributed by atoms with Crippen LogP contribution in [-0.4, -0.2) is 51.9 Å². The molecule has 4 rings (SSSR count). The molecule has 1 fully saturated rings. The third-order valence-corrected chi connectivity index (χ3v) is 6.60. The molecule has 0 atom stereocenters. The second-order valence-corrected chi connectivity index (χ2v) is 9.23. The number of aromatic nitrogens is 2. The van der Waals surface area contributed by atoms with Crippen LogP contribution in [0, 0.1) is 0 Å². The lowest BCUT2D eigenvalue weighted by Gasteiger charge is -2.34. The number of carbonyl (C=O) groups is 1. The molecule has 1 aliphatic heterocycles. The molecular weight excluding hydrogens is 465 g/mol. The van der Waals surface area contributed by atoms with E-state index in [0.717, 1.165) is 24.6 Å². The van der Waals surface area contributed by atoms with Gasteiger partial charge in [-0.2, -0.15) is 0 Å². The zero-order chi connectivity index (χ0) is 21.1. The van der Waals surface area contributed by atoms with Gasteiger partial charge in [-0.05, 0) is 24.3 Å². The van der Waals surface area contributed by atoms with Gasteiger partial charge >= 0.3 is 0 Å². The van der Waals surface area contributed by atoms with Crippen molar-refractivity contribution in [2.75, 3.05) is 31.5 Å². The first-order valence-electron chi connectivity index (χ1n) is 9.29. The Kier molecular flexibility index (Phi) is 6.75. The van der Waals surface area contributed by atoms with Gasteiger partial charge in [-0.1, -0.05) is 58.3 Å². The predicted molar refractivity (Wildman–Crippen MR) is 122 cm³/mol. The quantitative estimate of drug-likeness (QED) is 0.541. The molecule has 156 valence electrons. The van der Waals surface area contributed by atoms with E-state index in [0.29, 0.717) is 44.7 Å². The molecule has 1 aromatic carbocycles. The molecule has 0 saturated carbocycles. The number of pyridine rings is 1. The van der Waals surface area contributed by atoms with E-state index in [1.165, 1.54) is 11.3 Å². The molecule has 0 radical (unpaired) electrons. The fourth-order valence-electron chi connectivity index (χ4n) is 3.24. The zero-order valence-corrected chi connectivity index (χ0v) is 18.9. The smallest absolute Gasteiger partial charge is 0.255 e. The SMILES string of the molecule is O=C(c1cccc(Cl)c1Cl)N1CCN(Cc2cccc(Nc3ncc(Cl)s3)n2)CC1. The molecule has 0 unspecified atom stereocenters. The maximum absolute atomic E-state index is 12.8. The highest BCUT2D eigenvalue weighted by Crippen LogP contribution is 2.27. The Bertz CT molecular complexity index is 1050. The monoisotopic (exact) mass is 481 g/mol. The lowest BCUT2D eigenvalue weighted by atomic mass is 10.1. The minimum Gasteiger partial charge on any atom is -0.336 e. The van der Waals surface area contributed by atoms with Gasteiger partial charge in [-0.15, -0.1) is 0 Å². The minimum atomic E-state index is -0.0893. The van der Waals surface area contributed by atoms with Crippen molar-refractivity contribution < 1.29 is 4.79 Å². The number of carbonyl (C=O) groups excluding carboxylic acids is 1. The highest BCUT2D eigenvalue weighted by Gasteiger charge is 2.24. The number of amides is 1. The number of thiazole rings is 1. The Morgan fingerprint density at radius 1 is 1.07 bits per heavy atom. The Balaban J connectivity index is 1.34. The molecule has 10 heteroatoms. The standard InChI is InChI=1S/C20H18Cl3N5OS/c21-15-5-2-4-14(18(15)23)19(29)28-9-7-27(8-10-28)12-13-3-1-6-17(25-13)26-20-24-11-16(22)30-20/h1-6,11H,7-10,12H2,(H,24,25,26). The predicted octanol–water partition coefficient (Wildman–Crippen LogP) is 5.20. The van der Waals surface area contributed by atoms with Crippen LogP contribution in [-0.2, 0) is 6.54 Å². The Morgan fingerprint density at radius 3 is 2.57 bits per heavy atom. The third-order valence-electron chi connectivity index (χ3n) is 4.75. The van der Waals surface area contributed by atoms with Gasteiger partial charge in [0.05, 0.1) is 27.5 Å². The maximum Gasteiger partial charge on any atom is 0.255 e. The number of halogens is 3. The number of benzene rings is 1. The number of anilines is 2. The van der Waals surface area contributed by atoms with Crippen molar-refractivity contribution in [1.82, 2.24) is 19.8 Å². The van der Waals surface area contributed by atoms with Gasteiger partial charge in [0.2, 0.25) is 0 Å². The number of rotatable bonds is 5. The number of hydrogen-bond acceptors (Lipinski definition) is 6. The number of nitrogens with zero attached hydrogens (tertiary/aromatic N) is 4. The first kappa shape index (κ1) is 21.3. The molecule has 1 saturated heterocycles. The average molecular weight is 483 g/mol. The van der Waals surface area contributed by atoms with E-state index in [9.17, 15) is 4.79 Å². The largest absolute Gasteiger partial charge is 0.336 e. The van der Waals surface area contributed by atoms with Crippen molar-refractivity contribution in [3.05, 3.63) is 68.2 Å². The molecule has 1 aliphatic rings. The maximum atomic E-state index is 12.8. The first-order chi connectivity index (χ1) is 14.5. The van der Waals surface area contributed by atoms with E-state index in [4.69, 9.17) is 34.8 Å². The molecule has 1 N–H and O–H groups in total. The van der Waals surface area contributed by atoms with Crippen LogP contribution in [0.25, 0.3) is 0 Å². The average Bonchev–Trinajstić information content (AvgIpc) is 3.15. The Labute approximate surface area is 193 Å². The molecule has 6 nitrogen and oxygen atoms in total. The van der Waals surface area contributed by atoms with Crippen LogP contribution in [0.15, 0.2) is 42.6 Å². The number of hydrogen-bond donors (Lipinski definition) is 1. The van der Waals surface area contributed by atoms with E-state index >= 15 is 0 Å². The minimum absolute atomic E-state index is 0.0893. The topological polar surface area (TPSA) is 61.4 Å². The van der Waals surface area contributed by atoms with Gasteiger partial charge in [0.25, 0.3) is 5.91 Å². The number of piperazine rings is 1. The summed E-state index contributed by atoms with van der Waals surface area (Å²) in [4.78, 5) is 25.7. The molecule has 1 amide bonds. The highest BCUT2D eigenvalue weighted by molar-refractivity contribution is 7.19. The van der Waals surface area contributed by atoms with Gasteiger partial charge < -0.3 is 10.2 Å². The highest BCUT2D eigenvalue weighted by atomic mass is 35.5. The van der Waals surface area contributed by atoms with Crippen molar-refractivity contribution in [3.8, 4) is 0 Å². The summed E-state index contributed by atoms with van der Waals surface area (Å²) in [7, 11) is 0. The third kappa shape index (κ3) is 5.04. The summed E-state index contributed by atoms with van der Waals surface area (Å²) in [6.45, 7) is 3.46. The van der Waals surface area contributed by atoms with Crippen molar-refractivity contribution >= 4 is 63.0 Å². The van der Waals surface area contributed by atoms with Crippen LogP contribution in [0.5, 0.6) is 0 Å². The summed E-state index contributed by atoms with van der Waals surface area (Å²) < 4.78 is 0.625. The van der Waals surface area contributed by atoms with E-state index in [-0.39, 0.29) is 5.91 Å². The molecule has 0 bridgehead atoms. The molecule has 30 heavy (non-hydrogen) atoms. The zero-order valence-electron chi connectivity index (χ0n) is 15.8. The van der Waals surface area contributed by atoms with Crippen molar-refractivity contribution in [3.63, 3.8) is 0 Å². The Morgan fingerprint density at radius 2 is 1.83 bits per heavy atom. The van der Waals surface area contributed by atoms with Gasteiger partial charge in [0.1, 0.15) is 10.2 Å². The summed E-state index contributed by atoms with van der Waals surface area (Å²) in [6, 6.07) is 11.0. The van der Waals surface area contributed by atoms with Gasteiger partial charge in [0.15, 0.2) is 5.13 Å². The van der Waals surface area contributed by atoms with Crippen LogP contribution in [0.3, 0.4) is 0 Å². The molecular formula is C20H18Cl3N5OS. The lowest BCUT2D eigenvalue weighted by molar-refractivity contribution is 0.0627. The van der Waals surface area contributed by atoms with Crippen LogP contribution < -0.4 is 5.32 Å². The van der Waals surface area contributed by atoms with Crippen molar-refractivity contribution in [1.29, 1.82) is 0 Å². The van der Waals surface area contributed by atoms with Crippen molar-refractivity contribution in [2.45, 2.75) is 6.54 Å². The number of nitrogens with one attached hydrogen (secondary N) is 1. The second-order valence-electron chi connectivity index (χ2n) is 6.78. The summed E-state index contributed by atoms with van der Waals surface area (Å²) in [5.74, 6) is 0.636. The van der Waals surface area contributed by atoms with E-state index in [1.807, 2.05) is 23.1 Å². The van der Waals surface area contributed by atoms with E-state index in [2.05, 4.69) is 20.2 Å². The van der Waals surface area contributed by atoms with Crippen LogP contribution >= 0.6 is 46.1 Å². The second kappa shape index (κ2) is 9.49. The fourth-order valence-corrected chi connectivity index (χ4v) is 4.44. The molecule has 3 heterocycles. The summed E-state index contributed by atoms with van der Waals surface area (Å²) in [6.07, 6.45) is 1.61.